The van der Waals surface area contributed by atoms with Crippen molar-refractivity contribution in [3.05, 3.63) is 0 Å². The van der Waals surface area contributed by atoms with Crippen LogP contribution in [0.3, 0.4) is 0 Å². The minimum Gasteiger partial charge on any atom is -0.394 e. The molecule has 1 saturated heterocycles. The first-order valence-corrected chi connectivity index (χ1v) is 6.76. The van der Waals surface area contributed by atoms with Crippen LogP contribution in [0.25, 0.3) is 0 Å². The molecule has 1 rings (SSSR count). The van der Waals surface area contributed by atoms with Gasteiger partial charge in [-0.25, -0.2) is 0 Å². The minimum absolute atomic E-state index is 0.0470. The lowest BCUT2D eigenvalue weighted by atomic mass is 10.1. The minimum atomic E-state index is -0.218. The second-order valence-electron chi connectivity index (χ2n) is 4.83. The highest BCUT2D eigenvalue weighted by atomic mass is 16.6. The molecule has 19 heavy (non-hydrogen) atoms. The summed E-state index contributed by atoms with van der Waals surface area (Å²) in [4.78, 5) is 0. The number of hydrogen-bond acceptors (Lipinski definition) is 6. The second-order valence-corrected chi connectivity index (χ2v) is 4.83. The first kappa shape index (κ1) is 16.8. The van der Waals surface area contributed by atoms with Crippen LogP contribution in [0.4, 0.5) is 0 Å². The predicted molar refractivity (Wildman–Crippen MR) is 69.3 cm³/mol. The molecule has 0 radical (unpaired) electrons. The van der Waals surface area contributed by atoms with Gasteiger partial charge >= 0.3 is 0 Å². The third kappa shape index (κ3) is 8.52. The molecule has 114 valence electrons. The molecule has 1 unspecified atom stereocenters. The van der Waals surface area contributed by atoms with Crippen LogP contribution in [0.5, 0.6) is 0 Å². The largest absolute Gasteiger partial charge is 0.394 e. The van der Waals surface area contributed by atoms with Gasteiger partial charge < -0.3 is 28.8 Å². The van der Waals surface area contributed by atoms with Crippen LogP contribution in [0.15, 0.2) is 0 Å². The predicted octanol–water partition coefficient (Wildman–Crippen LogP) is 0.223. The molecule has 0 aromatic heterocycles. The number of aliphatic hydroxyl groups excluding tert-OH is 1. The van der Waals surface area contributed by atoms with E-state index in [0.717, 1.165) is 6.61 Å². The fourth-order valence-electron chi connectivity index (χ4n) is 1.51. The Kier molecular flexibility index (Phi) is 8.52. The van der Waals surface area contributed by atoms with E-state index in [1.165, 1.54) is 0 Å². The van der Waals surface area contributed by atoms with Gasteiger partial charge in [0.1, 0.15) is 6.10 Å². The maximum Gasteiger partial charge on any atom is 0.109 e. The van der Waals surface area contributed by atoms with E-state index < -0.39 is 0 Å². The highest BCUT2D eigenvalue weighted by Crippen LogP contribution is 2.27. The molecule has 1 aliphatic heterocycles. The molecule has 6 nitrogen and oxygen atoms in total. The van der Waals surface area contributed by atoms with Crippen LogP contribution in [0.2, 0.25) is 0 Å². The average Bonchev–Trinajstić information content (AvgIpc) is 3.20. The van der Waals surface area contributed by atoms with Gasteiger partial charge in [0.05, 0.1) is 65.1 Å². The number of rotatable bonds is 13. The molecule has 1 heterocycles. The highest BCUT2D eigenvalue weighted by molar-refractivity contribution is 4.88. The summed E-state index contributed by atoms with van der Waals surface area (Å²) in [7, 11) is 0. The zero-order valence-electron chi connectivity index (χ0n) is 11.9. The average molecular weight is 278 g/mol. The van der Waals surface area contributed by atoms with Crippen LogP contribution in [-0.4, -0.2) is 76.3 Å². The monoisotopic (exact) mass is 278 g/mol. The zero-order valence-corrected chi connectivity index (χ0v) is 11.9. The van der Waals surface area contributed by atoms with E-state index in [4.69, 9.17) is 28.8 Å². The fraction of sp³-hybridized carbons (Fsp3) is 1.00. The molecule has 1 aliphatic rings. The van der Waals surface area contributed by atoms with Gasteiger partial charge in [-0.2, -0.15) is 0 Å². The van der Waals surface area contributed by atoms with Crippen molar-refractivity contribution in [1.82, 2.24) is 0 Å². The van der Waals surface area contributed by atoms with Gasteiger partial charge in [0.25, 0.3) is 0 Å². The van der Waals surface area contributed by atoms with E-state index in [-0.39, 0.29) is 18.3 Å². The standard InChI is InChI=1S/C13H26O6/c1-13(2,12-11-18-12)19-10-9-17-8-7-16-6-5-15-4-3-14/h12,14H,3-11H2,1-2H3. The Morgan fingerprint density at radius 3 is 1.89 bits per heavy atom. The molecule has 6 heteroatoms. The topological polar surface area (TPSA) is 69.7 Å². The van der Waals surface area contributed by atoms with Crippen molar-refractivity contribution in [2.24, 2.45) is 0 Å². The second kappa shape index (κ2) is 9.63. The Hall–Kier alpha value is -0.240. The van der Waals surface area contributed by atoms with E-state index in [1.807, 2.05) is 13.8 Å². The summed E-state index contributed by atoms with van der Waals surface area (Å²) in [6, 6.07) is 0. The molecule has 0 aromatic carbocycles. The molecule has 0 bridgehead atoms. The Balaban J connectivity index is 1.76. The molecule has 1 fully saturated rings. The highest BCUT2D eigenvalue weighted by Gasteiger charge is 2.40. The van der Waals surface area contributed by atoms with Crippen LogP contribution >= 0.6 is 0 Å². The molecule has 1 N–H and O–H groups in total. The lowest BCUT2D eigenvalue weighted by Gasteiger charge is -2.22. The van der Waals surface area contributed by atoms with Gasteiger partial charge in [0.15, 0.2) is 0 Å². The zero-order chi connectivity index (χ0) is 14.0. The van der Waals surface area contributed by atoms with Gasteiger partial charge in [0, 0.05) is 0 Å². The number of hydrogen-bond donors (Lipinski definition) is 1. The SMILES string of the molecule is CC(C)(OCCOCCOCCOCCO)C1CO1. The molecule has 0 amide bonds. The first-order valence-electron chi connectivity index (χ1n) is 6.76. The van der Waals surface area contributed by atoms with Gasteiger partial charge in [-0.3, -0.25) is 0 Å². The van der Waals surface area contributed by atoms with Crippen LogP contribution in [0.1, 0.15) is 13.8 Å². The smallest absolute Gasteiger partial charge is 0.109 e. The van der Waals surface area contributed by atoms with E-state index >= 15 is 0 Å². The van der Waals surface area contributed by atoms with Gasteiger partial charge in [0.2, 0.25) is 0 Å². The quantitative estimate of drug-likeness (QED) is 0.384. The summed E-state index contributed by atoms with van der Waals surface area (Å²) in [5.74, 6) is 0. The number of ether oxygens (including phenoxy) is 5. The van der Waals surface area contributed by atoms with Crippen molar-refractivity contribution in [2.45, 2.75) is 25.6 Å². The third-order valence-electron chi connectivity index (χ3n) is 2.79. The van der Waals surface area contributed by atoms with Crippen LogP contribution in [-0.2, 0) is 23.7 Å². The van der Waals surface area contributed by atoms with Crippen molar-refractivity contribution in [3.63, 3.8) is 0 Å². The fourth-order valence-corrected chi connectivity index (χ4v) is 1.51. The normalized spacial score (nSPS) is 18.8. The Morgan fingerprint density at radius 1 is 0.947 bits per heavy atom. The van der Waals surface area contributed by atoms with E-state index in [2.05, 4.69) is 0 Å². The van der Waals surface area contributed by atoms with Crippen molar-refractivity contribution < 1.29 is 28.8 Å². The van der Waals surface area contributed by atoms with E-state index in [1.54, 1.807) is 0 Å². The van der Waals surface area contributed by atoms with E-state index in [0.29, 0.717) is 46.2 Å². The summed E-state index contributed by atoms with van der Waals surface area (Å²) in [6.45, 7) is 8.48. The lowest BCUT2D eigenvalue weighted by Crippen LogP contribution is -2.32. The maximum atomic E-state index is 8.48. The molecular weight excluding hydrogens is 252 g/mol. The Bertz CT molecular complexity index is 217. The molecule has 1 atom stereocenters. The van der Waals surface area contributed by atoms with Crippen molar-refractivity contribution in [2.75, 3.05) is 59.5 Å². The van der Waals surface area contributed by atoms with Crippen molar-refractivity contribution >= 4 is 0 Å². The summed E-state index contributed by atoms with van der Waals surface area (Å²) in [5.41, 5.74) is -0.218. The van der Waals surface area contributed by atoms with E-state index in [9.17, 15) is 0 Å². The molecule has 0 saturated carbocycles. The third-order valence-corrected chi connectivity index (χ3v) is 2.79. The maximum absolute atomic E-state index is 8.48. The van der Waals surface area contributed by atoms with Gasteiger partial charge in [-0.1, -0.05) is 0 Å². The molecular formula is C13H26O6. The molecule has 0 spiro atoms. The summed E-state index contributed by atoms with van der Waals surface area (Å²) in [5, 5.41) is 8.48. The Labute approximate surface area is 114 Å². The number of aliphatic hydroxyl groups is 1. The number of epoxide rings is 1. The molecule has 0 aromatic rings. The van der Waals surface area contributed by atoms with Gasteiger partial charge in [-0.15, -0.1) is 0 Å². The van der Waals surface area contributed by atoms with Crippen molar-refractivity contribution in [3.8, 4) is 0 Å². The lowest BCUT2D eigenvalue weighted by molar-refractivity contribution is -0.0656. The first-order chi connectivity index (χ1) is 9.17. The Morgan fingerprint density at radius 2 is 1.42 bits per heavy atom. The van der Waals surface area contributed by atoms with Crippen LogP contribution in [0, 0.1) is 0 Å². The molecule has 0 aliphatic carbocycles. The van der Waals surface area contributed by atoms with Gasteiger partial charge in [-0.05, 0) is 13.8 Å². The van der Waals surface area contributed by atoms with Crippen molar-refractivity contribution in [1.29, 1.82) is 0 Å². The summed E-state index contributed by atoms with van der Waals surface area (Å²) >= 11 is 0. The van der Waals surface area contributed by atoms with Crippen LogP contribution < -0.4 is 0 Å². The summed E-state index contributed by atoms with van der Waals surface area (Å²) in [6.07, 6.45) is 0.231. The summed E-state index contributed by atoms with van der Waals surface area (Å²) < 4.78 is 26.6.